The van der Waals surface area contributed by atoms with Gasteiger partial charge in [-0.1, -0.05) is 13.8 Å². The van der Waals surface area contributed by atoms with Crippen molar-refractivity contribution in [3.8, 4) is 0 Å². The minimum Gasteiger partial charge on any atom is -0.370 e. The van der Waals surface area contributed by atoms with E-state index in [9.17, 15) is 9.59 Å². The molecule has 0 aromatic heterocycles. The van der Waals surface area contributed by atoms with Gasteiger partial charge in [0, 0.05) is 11.3 Å². The highest BCUT2D eigenvalue weighted by molar-refractivity contribution is 8.00. The van der Waals surface area contributed by atoms with Gasteiger partial charge in [0.2, 0.25) is 11.8 Å². The predicted molar refractivity (Wildman–Crippen MR) is 71.6 cm³/mol. The summed E-state index contributed by atoms with van der Waals surface area (Å²) in [4.78, 5) is 22.3. The smallest absolute Gasteiger partial charge is 0.237 e. The molecule has 0 saturated carbocycles. The molecule has 1 atom stereocenters. The minimum atomic E-state index is -0.847. The van der Waals surface area contributed by atoms with Crippen LogP contribution < -0.4 is 16.8 Å². The highest BCUT2D eigenvalue weighted by Gasteiger charge is 2.26. The Kier molecular flexibility index (Phi) is 7.22. The normalized spacial score (nSPS) is 13.2. The Hall–Kier alpha value is -0.750. The van der Waals surface area contributed by atoms with Gasteiger partial charge in [0.1, 0.15) is 0 Å². The Morgan fingerprint density at radius 1 is 1.35 bits per heavy atom. The summed E-state index contributed by atoms with van der Waals surface area (Å²) in [5.74, 6) is -0.876. The third-order valence-corrected chi connectivity index (χ3v) is 4.65. The van der Waals surface area contributed by atoms with Crippen molar-refractivity contribution in [3.63, 3.8) is 0 Å². The predicted octanol–water partition coefficient (Wildman–Crippen LogP) is 0.227. The van der Waals surface area contributed by atoms with Crippen molar-refractivity contribution in [2.45, 2.75) is 43.9 Å². The fourth-order valence-corrected chi connectivity index (χ4v) is 2.34. The summed E-state index contributed by atoms with van der Waals surface area (Å²) in [6.45, 7) is 4.75. The first kappa shape index (κ1) is 16.2. The van der Waals surface area contributed by atoms with E-state index in [0.717, 1.165) is 12.8 Å². The Bertz CT molecular complexity index is 259. The van der Waals surface area contributed by atoms with Crippen LogP contribution in [0.5, 0.6) is 0 Å². The zero-order valence-electron chi connectivity index (χ0n) is 10.8. The summed E-state index contributed by atoms with van der Waals surface area (Å²) >= 11 is 1.74. The summed E-state index contributed by atoms with van der Waals surface area (Å²) < 4.78 is 0.0438. The van der Waals surface area contributed by atoms with Crippen molar-refractivity contribution in [1.82, 2.24) is 5.32 Å². The molecule has 0 aliphatic rings. The monoisotopic (exact) mass is 261 g/mol. The molecule has 2 amide bonds. The van der Waals surface area contributed by atoms with Crippen LogP contribution in [0, 0.1) is 0 Å². The van der Waals surface area contributed by atoms with E-state index in [-0.39, 0.29) is 17.1 Å². The number of nitrogens with two attached hydrogens (primary N) is 2. The van der Waals surface area contributed by atoms with Gasteiger partial charge in [-0.3, -0.25) is 9.59 Å². The van der Waals surface area contributed by atoms with Crippen molar-refractivity contribution in [1.29, 1.82) is 0 Å². The molecule has 5 N–H and O–H groups in total. The van der Waals surface area contributed by atoms with Gasteiger partial charge >= 0.3 is 0 Å². The molecule has 6 heteroatoms. The summed E-state index contributed by atoms with van der Waals surface area (Å²) in [6.07, 6.45) is 3.85. The summed E-state index contributed by atoms with van der Waals surface area (Å²) in [5, 5.41) is 2.79. The molecule has 0 aromatic rings. The average Bonchev–Trinajstić information content (AvgIpc) is 2.30. The molecule has 0 rings (SSSR count). The number of nitrogens with one attached hydrogen (secondary N) is 1. The number of carbonyl (C=O) groups is 2. The van der Waals surface area contributed by atoms with Gasteiger partial charge in [0.15, 0.2) is 0 Å². The van der Waals surface area contributed by atoms with Gasteiger partial charge in [-0.15, -0.1) is 0 Å². The first-order valence-electron chi connectivity index (χ1n) is 5.77. The van der Waals surface area contributed by atoms with Crippen LogP contribution in [0.3, 0.4) is 0 Å². The number of rotatable bonds is 8. The Labute approximate surface area is 107 Å². The van der Waals surface area contributed by atoms with Crippen LogP contribution in [0.2, 0.25) is 0 Å². The Morgan fingerprint density at radius 3 is 2.24 bits per heavy atom. The molecule has 0 bridgehead atoms. The molecule has 0 aromatic carbocycles. The Morgan fingerprint density at radius 2 is 1.88 bits per heavy atom. The minimum absolute atomic E-state index is 0.0438. The first-order valence-corrected chi connectivity index (χ1v) is 7.00. The summed E-state index contributed by atoms with van der Waals surface area (Å²) in [5.41, 5.74) is 10.5. The lowest BCUT2D eigenvalue weighted by molar-refractivity contribution is -0.126. The zero-order chi connectivity index (χ0) is 13.5. The van der Waals surface area contributed by atoms with Crippen LogP contribution in [0.1, 0.15) is 33.1 Å². The molecule has 0 fully saturated rings. The highest BCUT2D eigenvalue weighted by Crippen LogP contribution is 2.29. The fourth-order valence-electron chi connectivity index (χ4n) is 1.55. The number of hydrogen-bond acceptors (Lipinski definition) is 4. The van der Waals surface area contributed by atoms with Crippen molar-refractivity contribution < 1.29 is 9.59 Å². The van der Waals surface area contributed by atoms with E-state index in [1.54, 1.807) is 11.8 Å². The largest absolute Gasteiger partial charge is 0.370 e. The Balaban J connectivity index is 4.26. The number of primary amides is 1. The maximum absolute atomic E-state index is 11.6. The second kappa shape index (κ2) is 7.55. The second-order valence-electron chi connectivity index (χ2n) is 4.09. The van der Waals surface area contributed by atoms with Crippen molar-refractivity contribution in [2.24, 2.45) is 11.5 Å². The van der Waals surface area contributed by atoms with E-state index in [1.165, 1.54) is 0 Å². The molecule has 0 radical (unpaired) electrons. The van der Waals surface area contributed by atoms with E-state index < -0.39 is 11.9 Å². The lowest BCUT2D eigenvalue weighted by atomic mass is 10.0. The summed E-state index contributed by atoms with van der Waals surface area (Å²) in [6, 6.07) is -0.847. The number of carbonyl (C=O) groups excluding carboxylic acids is 2. The van der Waals surface area contributed by atoms with E-state index in [0.29, 0.717) is 6.54 Å². The number of thioether (sulfide) groups is 1. The van der Waals surface area contributed by atoms with Gasteiger partial charge in [-0.05, 0) is 19.1 Å². The molecule has 17 heavy (non-hydrogen) atoms. The molecule has 0 heterocycles. The number of amides is 2. The highest BCUT2D eigenvalue weighted by atomic mass is 32.2. The molecule has 5 nitrogen and oxygen atoms in total. The molecule has 0 aliphatic heterocycles. The van der Waals surface area contributed by atoms with Crippen LogP contribution >= 0.6 is 11.8 Å². The van der Waals surface area contributed by atoms with Crippen molar-refractivity contribution in [3.05, 3.63) is 0 Å². The van der Waals surface area contributed by atoms with Crippen LogP contribution in [-0.4, -0.2) is 35.4 Å². The van der Waals surface area contributed by atoms with Gasteiger partial charge in [-0.2, -0.15) is 11.8 Å². The van der Waals surface area contributed by atoms with E-state index >= 15 is 0 Å². The van der Waals surface area contributed by atoms with Gasteiger partial charge < -0.3 is 16.8 Å². The third-order valence-electron chi connectivity index (χ3n) is 3.06. The van der Waals surface area contributed by atoms with Crippen LogP contribution in [0.15, 0.2) is 0 Å². The van der Waals surface area contributed by atoms with Gasteiger partial charge in [0.05, 0.1) is 12.5 Å². The lowest BCUT2D eigenvalue weighted by Gasteiger charge is -2.30. The first-order chi connectivity index (χ1) is 7.90. The van der Waals surface area contributed by atoms with E-state index in [2.05, 4.69) is 19.2 Å². The molecule has 100 valence electrons. The maximum atomic E-state index is 11.6. The standard InChI is InChI=1S/C11H23N3O2S/c1-4-11(5-2,17-3)7-14-10(16)8(12)6-9(13)15/h8H,4-7,12H2,1-3H3,(H2,13,15)(H,14,16). The topological polar surface area (TPSA) is 98.2 Å². The van der Waals surface area contributed by atoms with Crippen LogP contribution in [0.4, 0.5) is 0 Å². The van der Waals surface area contributed by atoms with Gasteiger partial charge in [-0.25, -0.2) is 0 Å². The van der Waals surface area contributed by atoms with E-state index in [1.807, 2.05) is 6.26 Å². The molecule has 1 unspecified atom stereocenters. The maximum Gasteiger partial charge on any atom is 0.237 e. The van der Waals surface area contributed by atoms with Crippen molar-refractivity contribution >= 4 is 23.6 Å². The van der Waals surface area contributed by atoms with Crippen molar-refractivity contribution in [2.75, 3.05) is 12.8 Å². The average molecular weight is 261 g/mol. The van der Waals surface area contributed by atoms with Crippen LogP contribution in [0.25, 0.3) is 0 Å². The zero-order valence-corrected chi connectivity index (χ0v) is 11.6. The van der Waals surface area contributed by atoms with Gasteiger partial charge in [0.25, 0.3) is 0 Å². The SMILES string of the molecule is CCC(CC)(CNC(=O)C(N)CC(N)=O)SC. The molecular formula is C11H23N3O2S. The molecule has 0 aliphatic carbocycles. The fraction of sp³-hybridized carbons (Fsp3) is 0.818. The molecule has 0 spiro atoms. The quantitative estimate of drug-likeness (QED) is 0.582. The van der Waals surface area contributed by atoms with E-state index in [4.69, 9.17) is 11.5 Å². The second-order valence-corrected chi connectivity index (χ2v) is 5.36. The molecule has 0 saturated heterocycles. The lowest BCUT2D eigenvalue weighted by Crippen LogP contribution is -2.47. The third kappa shape index (κ3) is 5.41. The van der Waals surface area contributed by atoms with Crippen LogP contribution in [-0.2, 0) is 9.59 Å². The number of hydrogen-bond donors (Lipinski definition) is 3. The summed E-state index contributed by atoms with van der Waals surface area (Å²) in [7, 11) is 0. The molecular weight excluding hydrogens is 238 g/mol.